The number of aromatic nitrogens is 1. The number of nitriles is 1. The molecule has 0 saturated carbocycles. The minimum Gasteiger partial charge on any atom is -0.501 e. The van der Waals surface area contributed by atoms with Gasteiger partial charge in [-0.15, -0.1) is 0 Å². The van der Waals surface area contributed by atoms with Gasteiger partial charge >= 0.3 is 5.69 Å². The van der Waals surface area contributed by atoms with Gasteiger partial charge in [-0.1, -0.05) is 0 Å². The van der Waals surface area contributed by atoms with Crippen LogP contribution < -0.4 is 0 Å². The van der Waals surface area contributed by atoms with E-state index in [1.54, 1.807) is 12.1 Å². The highest BCUT2D eigenvalue weighted by atomic mass is 16.6. The molecule has 2 rings (SSSR count). The Morgan fingerprint density at radius 3 is 2.69 bits per heavy atom. The van der Waals surface area contributed by atoms with Crippen LogP contribution in [0.5, 0.6) is 5.75 Å². The molecule has 6 heteroatoms. The maximum Gasteiger partial charge on any atom is 0.313 e. The Morgan fingerprint density at radius 2 is 2.06 bits per heavy atom. The number of nitro groups is 1. The summed E-state index contributed by atoms with van der Waals surface area (Å²) in [5, 5.41) is 29.4. The first kappa shape index (κ1) is 9.86. The number of phenolic OH excluding ortho intramolecular Hbond substituents is 1. The number of fused-ring (bicyclic) bond motifs is 1. The van der Waals surface area contributed by atoms with Gasteiger partial charge in [0, 0.05) is 11.5 Å². The zero-order valence-electron chi connectivity index (χ0n) is 7.91. The predicted octanol–water partition coefficient (Wildman–Crippen LogP) is 1.72. The van der Waals surface area contributed by atoms with Crippen LogP contribution >= 0.6 is 0 Å². The van der Waals surface area contributed by atoms with E-state index in [1.807, 2.05) is 0 Å². The van der Waals surface area contributed by atoms with Crippen LogP contribution in [0.1, 0.15) is 5.69 Å². The van der Waals surface area contributed by atoms with E-state index < -0.39 is 16.4 Å². The Bertz CT molecular complexity index is 631. The van der Waals surface area contributed by atoms with Crippen LogP contribution in [-0.2, 0) is 0 Å². The third-order valence-corrected chi connectivity index (χ3v) is 2.13. The first-order valence-electron chi connectivity index (χ1n) is 4.30. The first-order valence-corrected chi connectivity index (χ1v) is 4.30. The van der Waals surface area contributed by atoms with Gasteiger partial charge in [-0.05, 0) is 18.2 Å². The van der Waals surface area contributed by atoms with Gasteiger partial charge in [0.1, 0.15) is 17.3 Å². The molecular formula is C10H5N3O3. The molecule has 78 valence electrons. The molecule has 0 unspecified atom stereocenters. The van der Waals surface area contributed by atoms with Crippen molar-refractivity contribution < 1.29 is 10.0 Å². The quantitative estimate of drug-likeness (QED) is 0.576. The zero-order chi connectivity index (χ0) is 11.7. The Balaban J connectivity index is 2.82. The molecule has 2 aromatic rings. The Morgan fingerprint density at radius 1 is 1.38 bits per heavy atom. The van der Waals surface area contributed by atoms with Crippen molar-refractivity contribution in [2.45, 2.75) is 0 Å². The summed E-state index contributed by atoms with van der Waals surface area (Å²) < 4.78 is 0. The van der Waals surface area contributed by atoms with Gasteiger partial charge in [-0.3, -0.25) is 10.1 Å². The van der Waals surface area contributed by atoms with Gasteiger partial charge in [0.2, 0.25) is 5.75 Å². The first-order chi connectivity index (χ1) is 7.63. The van der Waals surface area contributed by atoms with Gasteiger partial charge in [0.15, 0.2) is 0 Å². The van der Waals surface area contributed by atoms with E-state index in [-0.39, 0.29) is 11.2 Å². The number of nitrogens with zero attached hydrogens (tertiary/aromatic N) is 3. The summed E-state index contributed by atoms with van der Waals surface area (Å²) in [6.07, 6.45) is 0. The monoisotopic (exact) mass is 215 g/mol. The molecule has 1 N–H and O–H groups in total. The molecule has 0 aliphatic heterocycles. The normalized spacial score (nSPS) is 9.94. The van der Waals surface area contributed by atoms with Gasteiger partial charge in [0.25, 0.3) is 0 Å². The van der Waals surface area contributed by atoms with Crippen LogP contribution in [0.25, 0.3) is 10.9 Å². The zero-order valence-corrected chi connectivity index (χ0v) is 7.91. The summed E-state index contributed by atoms with van der Waals surface area (Å²) in [4.78, 5) is 13.7. The molecular weight excluding hydrogens is 210 g/mol. The second-order valence-electron chi connectivity index (χ2n) is 3.07. The van der Waals surface area contributed by atoms with Gasteiger partial charge < -0.3 is 5.11 Å². The van der Waals surface area contributed by atoms with Crippen molar-refractivity contribution in [3.05, 3.63) is 40.1 Å². The maximum atomic E-state index is 10.6. The van der Waals surface area contributed by atoms with Gasteiger partial charge in [0.05, 0.1) is 4.92 Å². The van der Waals surface area contributed by atoms with Gasteiger partial charge in [-0.2, -0.15) is 5.26 Å². The van der Waals surface area contributed by atoms with Crippen LogP contribution in [0.2, 0.25) is 0 Å². The van der Waals surface area contributed by atoms with E-state index in [9.17, 15) is 15.2 Å². The lowest BCUT2D eigenvalue weighted by Gasteiger charge is -2.00. The van der Waals surface area contributed by atoms with E-state index in [2.05, 4.69) is 4.98 Å². The molecule has 16 heavy (non-hydrogen) atoms. The topological polar surface area (TPSA) is 100 Å². The number of nitro benzene ring substituents is 1. The fourth-order valence-electron chi connectivity index (χ4n) is 1.37. The Hall–Kier alpha value is -2.68. The van der Waals surface area contributed by atoms with E-state index in [0.29, 0.717) is 5.39 Å². The molecule has 1 heterocycles. The fraction of sp³-hybridized carbons (Fsp3) is 0. The van der Waals surface area contributed by atoms with Crippen molar-refractivity contribution in [1.29, 1.82) is 5.26 Å². The number of hydrogen-bond acceptors (Lipinski definition) is 5. The molecule has 0 amide bonds. The number of hydrogen-bond donors (Lipinski definition) is 1. The third-order valence-electron chi connectivity index (χ3n) is 2.13. The summed E-state index contributed by atoms with van der Waals surface area (Å²) in [6.45, 7) is 0. The highest BCUT2D eigenvalue weighted by molar-refractivity contribution is 5.88. The Labute approximate surface area is 89.5 Å². The molecule has 0 bridgehead atoms. The maximum absolute atomic E-state index is 10.6. The van der Waals surface area contributed by atoms with Crippen LogP contribution in [-0.4, -0.2) is 15.0 Å². The van der Waals surface area contributed by atoms with E-state index in [1.165, 1.54) is 18.2 Å². The summed E-state index contributed by atoms with van der Waals surface area (Å²) >= 11 is 0. The highest BCUT2D eigenvalue weighted by Crippen LogP contribution is 2.32. The molecule has 1 aromatic carbocycles. The number of phenols is 1. The molecule has 0 atom stereocenters. The van der Waals surface area contributed by atoms with Crippen molar-refractivity contribution in [2.75, 3.05) is 0 Å². The number of rotatable bonds is 1. The van der Waals surface area contributed by atoms with Crippen molar-refractivity contribution >= 4 is 16.6 Å². The van der Waals surface area contributed by atoms with Crippen molar-refractivity contribution in [3.8, 4) is 11.8 Å². The standard InChI is InChI=1S/C10H5N3O3/c11-5-7-3-1-6-2-4-8(13(15)16)10(14)9(6)12-7/h1-4,14H. The average molecular weight is 215 g/mol. The lowest BCUT2D eigenvalue weighted by molar-refractivity contribution is -0.385. The minimum atomic E-state index is -0.699. The fourth-order valence-corrected chi connectivity index (χ4v) is 1.37. The predicted molar refractivity (Wildman–Crippen MR) is 54.8 cm³/mol. The molecule has 6 nitrogen and oxygen atoms in total. The largest absolute Gasteiger partial charge is 0.501 e. The van der Waals surface area contributed by atoms with Crippen molar-refractivity contribution in [2.24, 2.45) is 0 Å². The molecule has 0 aliphatic carbocycles. The molecule has 0 fully saturated rings. The van der Waals surface area contributed by atoms with Crippen LogP contribution in [0, 0.1) is 21.4 Å². The summed E-state index contributed by atoms with van der Waals surface area (Å²) in [7, 11) is 0. The number of benzene rings is 1. The van der Waals surface area contributed by atoms with Crippen molar-refractivity contribution in [1.82, 2.24) is 4.98 Å². The molecule has 1 aromatic heterocycles. The van der Waals surface area contributed by atoms with Crippen LogP contribution in [0.15, 0.2) is 24.3 Å². The second-order valence-corrected chi connectivity index (χ2v) is 3.07. The van der Waals surface area contributed by atoms with Gasteiger partial charge in [-0.25, -0.2) is 4.98 Å². The summed E-state index contributed by atoms with van der Waals surface area (Å²) in [5.41, 5.74) is -0.258. The highest BCUT2D eigenvalue weighted by Gasteiger charge is 2.16. The average Bonchev–Trinajstić information content (AvgIpc) is 2.28. The minimum absolute atomic E-state index is 0.0632. The molecule has 0 radical (unpaired) electrons. The lowest BCUT2D eigenvalue weighted by Crippen LogP contribution is -1.91. The molecule has 0 spiro atoms. The van der Waals surface area contributed by atoms with Crippen LogP contribution in [0.3, 0.4) is 0 Å². The number of pyridine rings is 1. The van der Waals surface area contributed by atoms with Crippen LogP contribution in [0.4, 0.5) is 5.69 Å². The molecule has 0 aliphatic rings. The number of aromatic hydroxyl groups is 1. The third kappa shape index (κ3) is 1.40. The SMILES string of the molecule is N#Cc1ccc2ccc([N+](=O)[O-])c(O)c2n1. The van der Waals surface area contributed by atoms with Crippen molar-refractivity contribution in [3.63, 3.8) is 0 Å². The lowest BCUT2D eigenvalue weighted by atomic mass is 10.1. The molecule has 0 saturated heterocycles. The summed E-state index contributed by atoms with van der Waals surface area (Å²) in [5.74, 6) is -0.514. The van der Waals surface area contributed by atoms with E-state index in [0.717, 1.165) is 0 Å². The Kier molecular flexibility index (Phi) is 2.14. The second kappa shape index (κ2) is 3.47. The van der Waals surface area contributed by atoms with E-state index in [4.69, 9.17) is 5.26 Å². The summed E-state index contributed by atoms with van der Waals surface area (Å²) in [6, 6.07) is 7.53. The van der Waals surface area contributed by atoms with E-state index >= 15 is 0 Å². The smallest absolute Gasteiger partial charge is 0.313 e.